The van der Waals surface area contributed by atoms with Crippen LogP contribution < -0.4 is 10.5 Å². The number of aromatic nitrogens is 1. The quantitative estimate of drug-likeness (QED) is 0.381. The van der Waals surface area contributed by atoms with E-state index in [2.05, 4.69) is 48.3 Å². The highest BCUT2D eigenvalue weighted by Crippen LogP contribution is 2.40. The molecule has 1 heterocycles. The van der Waals surface area contributed by atoms with Crippen molar-refractivity contribution in [1.29, 1.82) is 0 Å². The van der Waals surface area contributed by atoms with E-state index in [1.807, 2.05) is 12.1 Å². The number of unbranched alkanes of at least 4 members (excludes halogenated alkanes) is 1. The van der Waals surface area contributed by atoms with E-state index in [1.54, 1.807) is 7.11 Å². The summed E-state index contributed by atoms with van der Waals surface area (Å²) in [6.45, 7) is 2.77. The van der Waals surface area contributed by atoms with Crippen LogP contribution in [0.1, 0.15) is 24.0 Å². The lowest BCUT2D eigenvalue weighted by Gasteiger charge is -2.12. The number of hydrogen-bond acceptors (Lipinski definition) is 2. The molecule has 3 aromatic carbocycles. The number of aromatic amines is 1. The number of aryl methyl sites for hydroxylation is 2. The van der Waals surface area contributed by atoms with Crippen LogP contribution in [0.5, 0.6) is 5.75 Å². The molecule has 0 saturated carbocycles. The van der Waals surface area contributed by atoms with Crippen LogP contribution in [0.25, 0.3) is 32.9 Å². The normalized spacial score (nSPS) is 11.4. The topological polar surface area (TPSA) is 51.0 Å². The lowest BCUT2D eigenvalue weighted by Crippen LogP contribution is -1.99. The van der Waals surface area contributed by atoms with E-state index in [1.165, 1.54) is 21.7 Å². The van der Waals surface area contributed by atoms with Crippen molar-refractivity contribution in [2.45, 2.75) is 26.2 Å². The molecule has 3 nitrogen and oxygen atoms in total. The molecule has 4 heteroatoms. The molecule has 0 radical (unpaired) electrons. The zero-order valence-corrected chi connectivity index (χ0v) is 17.1. The minimum atomic E-state index is 0.710. The first kappa shape index (κ1) is 18.9. The van der Waals surface area contributed by atoms with Crippen LogP contribution in [-0.2, 0) is 6.42 Å². The summed E-state index contributed by atoms with van der Waals surface area (Å²) >= 11 is 6.40. The van der Waals surface area contributed by atoms with Crippen LogP contribution >= 0.6 is 11.6 Å². The molecule has 0 aliphatic carbocycles. The fourth-order valence-corrected chi connectivity index (χ4v) is 4.11. The van der Waals surface area contributed by atoms with Gasteiger partial charge in [0.15, 0.2) is 0 Å². The van der Waals surface area contributed by atoms with Crippen LogP contribution in [0.2, 0.25) is 5.02 Å². The Morgan fingerprint density at radius 2 is 1.79 bits per heavy atom. The molecule has 0 aliphatic rings. The smallest absolute Gasteiger partial charge is 0.128 e. The highest BCUT2D eigenvalue weighted by atomic mass is 35.5. The van der Waals surface area contributed by atoms with E-state index < -0.39 is 0 Å². The molecule has 0 amide bonds. The van der Waals surface area contributed by atoms with Crippen LogP contribution in [0.3, 0.4) is 0 Å². The summed E-state index contributed by atoms with van der Waals surface area (Å²) in [4.78, 5) is 3.66. The van der Waals surface area contributed by atoms with Crippen LogP contribution in [0, 0.1) is 6.92 Å². The minimum Gasteiger partial charge on any atom is -0.496 e. The first-order chi connectivity index (χ1) is 13.6. The molecule has 0 atom stereocenters. The van der Waals surface area contributed by atoms with E-state index in [-0.39, 0.29) is 0 Å². The zero-order chi connectivity index (χ0) is 19.7. The van der Waals surface area contributed by atoms with E-state index in [9.17, 15) is 0 Å². The number of benzene rings is 3. The molecule has 4 rings (SSSR count). The molecular formula is C24H25ClN2O. The fourth-order valence-electron chi connectivity index (χ4n) is 3.95. The van der Waals surface area contributed by atoms with Crippen molar-refractivity contribution >= 4 is 33.3 Å². The van der Waals surface area contributed by atoms with E-state index in [0.29, 0.717) is 6.54 Å². The average Bonchev–Trinajstić information content (AvgIpc) is 3.09. The fraction of sp³-hybridized carbons (Fsp3) is 0.250. The van der Waals surface area contributed by atoms with Crippen LogP contribution in [0.4, 0.5) is 0 Å². The highest BCUT2D eigenvalue weighted by molar-refractivity contribution is 6.32. The van der Waals surface area contributed by atoms with Gasteiger partial charge in [-0.1, -0.05) is 41.9 Å². The maximum absolute atomic E-state index is 6.40. The summed E-state index contributed by atoms with van der Waals surface area (Å²) in [6.07, 6.45) is 3.02. The van der Waals surface area contributed by atoms with Gasteiger partial charge in [0.25, 0.3) is 0 Å². The van der Waals surface area contributed by atoms with E-state index in [0.717, 1.165) is 52.4 Å². The second kappa shape index (κ2) is 7.86. The van der Waals surface area contributed by atoms with Gasteiger partial charge < -0.3 is 15.5 Å². The monoisotopic (exact) mass is 392 g/mol. The Balaban J connectivity index is 1.98. The van der Waals surface area contributed by atoms with Gasteiger partial charge in [-0.25, -0.2) is 0 Å². The molecular weight excluding hydrogens is 368 g/mol. The van der Waals surface area contributed by atoms with E-state index >= 15 is 0 Å². The lowest BCUT2D eigenvalue weighted by molar-refractivity contribution is 0.417. The maximum Gasteiger partial charge on any atom is 0.128 e. The number of ether oxygens (including phenoxy) is 1. The van der Waals surface area contributed by atoms with Gasteiger partial charge in [-0.15, -0.1) is 0 Å². The van der Waals surface area contributed by atoms with Crippen LogP contribution in [0.15, 0.2) is 48.5 Å². The molecule has 0 bridgehead atoms. The van der Waals surface area contributed by atoms with Gasteiger partial charge in [-0.05, 0) is 72.8 Å². The molecule has 144 valence electrons. The Labute approximate surface area is 170 Å². The number of rotatable bonds is 6. The van der Waals surface area contributed by atoms with Crippen molar-refractivity contribution in [1.82, 2.24) is 4.98 Å². The third-order valence-corrected chi connectivity index (χ3v) is 5.90. The summed E-state index contributed by atoms with van der Waals surface area (Å²) in [5.74, 6) is 0.870. The molecule has 1 aromatic heterocycles. The Morgan fingerprint density at radius 1 is 1.04 bits per heavy atom. The van der Waals surface area contributed by atoms with Gasteiger partial charge in [0.1, 0.15) is 5.75 Å². The number of halogens is 1. The van der Waals surface area contributed by atoms with Gasteiger partial charge in [0.2, 0.25) is 0 Å². The predicted octanol–water partition coefficient (Wildman–Crippen LogP) is 6.24. The number of fused-ring (bicyclic) bond motifs is 2. The SMILES string of the molecule is COc1cc2ccccc2cc1-c1[nH]c2c(C)c(Cl)ccc2c1CCCCN. The number of nitrogens with two attached hydrogens (primary N) is 1. The molecule has 4 aromatic rings. The third-order valence-electron chi connectivity index (χ3n) is 5.49. The van der Waals surface area contributed by atoms with E-state index in [4.69, 9.17) is 22.1 Å². The predicted molar refractivity (Wildman–Crippen MR) is 120 cm³/mol. The van der Waals surface area contributed by atoms with Crippen molar-refractivity contribution in [3.63, 3.8) is 0 Å². The molecule has 0 spiro atoms. The molecule has 0 fully saturated rings. The molecule has 0 saturated heterocycles. The number of H-pyrrole nitrogens is 1. The standard InChI is InChI=1S/C24H25ClN2O/c1-15-21(25)11-10-19-18(9-5-6-12-26)24(27-23(15)19)20-13-16-7-3-4-8-17(16)14-22(20)28-2/h3-4,7-8,10-11,13-14,27H,5-6,9,12,26H2,1-2H3. The number of hydrogen-bond donors (Lipinski definition) is 2. The van der Waals surface area contributed by atoms with Crippen molar-refractivity contribution in [2.24, 2.45) is 5.73 Å². The Kier molecular flexibility index (Phi) is 5.29. The number of methoxy groups -OCH3 is 1. The maximum atomic E-state index is 6.40. The molecule has 0 unspecified atom stereocenters. The van der Waals surface area contributed by atoms with Gasteiger partial charge in [-0.2, -0.15) is 0 Å². The van der Waals surface area contributed by atoms with Crippen LogP contribution in [-0.4, -0.2) is 18.6 Å². The van der Waals surface area contributed by atoms with Crippen molar-refractivity contribution in [3.05, 3.63) is 64.7 Å². The summed E-state index contributed by atoms with van der Waals surface area (Å²) in [5, 5.41) is 4.37. The largest absolute Gasteiger partial charge is 0.496 e. The summed E-state index contributed by atoms with van der Waals surface area (Å²) in [5.41, 5.74) is 11.4. The Hall–Kier alpha value is -2.49. The summed E-state index contributed by atoms with van der Waals surface area (Å²) < 4.78 is 5.77. The van der Waals surface area contributed by atoms with Gasteiger partial charge in [0.05, 0.1) is 18.3 Å². The zero-order valence-electron chi connectivity index (χ0n) is 16.3. The van der Waals surface area contributed by atoms with Crippen molar-refractivity contribution in [2.75, 3.05) is 13.7 Å². The highest BCUT2D eigenvalue weighted by Gasteiger charge is 2.18. The first-order valence-electron chi connectivity index (χ1n) is 9.71. The van der Waals surface area contributed by atoms with Gasteiger partial charge in [0, 0.05) is 16.0 Å². The van der Waals surface area contributed by atoms with Crippen molar-refractivity contribution in [3.8, 4) is 17.0 Å². The summed E-state index contributed by atoms with van der Waals surface area (Å²) in [6, 6.07) is 16.8. The number of nitrogens with one attached hydrogen (secondary N) is 1. The molecule has 3 N–H and O–H groups in total. The molecule has 0 aliphatic heterocycles. The Bertz CT molecular complexity index is 1150. The average molecular weight is 393 g/mol. The first-order valence-corrected chi connectivity index (χ1v) is 10.1. The van der Waals surface area contributed by atoms with Crippen molar-refractivity contribution < 1.29 is 4.74 Å². The summed E-state index contributed by atoms with van der Waals surface area (Å²) in [7, 11) is 1.73. The minimum absolute atomic E-state index is 0.710. The Morgan fingerprint density at radius 3 is 2.50 bits per heavy atom. The van der Waals surface area contributed by atoms with Gasteiger partial charge >= 0.3 is 0 Å². The second-order valence-corrected chi connectivity index (χ2v) is 7.63. The van der Waals surface area contributed by atoms with Gasteiger partial charge in [-0.3, -0.25) is 0 Å². The molecule has 28 heavy (non-hydrogen) atoms. The lowest BCUT2D eigenvalue weighted by atomic mass is 9.97. The second-order valence-electron chi connectivity index (χ2n) is 7.22. The third kappa shape index (κ3) is 3.25.